The van der Waals surface area contributed by atoms with Crippen LogP contribution in [0.25, 0.3) is 0 Å². The third kappa shape index (κ3) is 1.27. The summed E-state index contributed by atoms with van der Waals surface area (Å²) in [6, 6.07) is 0. The molecule has 2 aliphatic rings. The first-order chi connectivity index (χ1) is 6.89. The van der Waals surface area contributed by atoms with E-state index < -0.39 is 6.09 Å². The quantitative estimate of drug-likeness (QED) is 0.637. The molecular weight excluding hydrogens is 192 g/mol. The SMILES string of the molecule is CC(C)(C)C12CNCCC1CN2C(=O)O. The number of carboxylic acid groups (broad SMARTS) is 1. The Bertz CT molecular complexity index is 285. The molecule has 2 saturated heterocycles. The minimum absolute atomic E-state index is 0.00171. The lowest BCUT2D eigenvalue weighted by atomic mass is 9.57. The smallest absolute Gasteiger partial charge is 0.407 e. The standard InChI is InChI=1S/C11H20N2O2/c1-10(2,3)11-7-12-5-4-8(11)6-13(11)9(14)15/h8,12H,4-7H2,1-3H3,(H,14,15). The number of piperidine rings is 1. The molecule has 0 radical (unpaired) electrons. The predicted molar refractivity (Wildman–Crippen MR) is 57.9 cm³/mol. The molecule has 4 heteroatoms. The van der Waals surface area contributed by atoms with Crippen molar-refractivity contribution in [1.29, 1.82) is 0 Å². The third-order valence-electron chi connectivity index (χ3n) is 4.15. The number of carbonyl (C=O) groups is 1. The van der Waals surface area contributed by atoms with Crippen LogP contribution in [0.15, 0.2) is 0 Å². The van der Waals surface area contributed by atoms with Crippen molar-refractivity contribution >= 4 is 6.09 Å². The van der Waals surface area contributed by atoms with Gasteiger partial charge in [0.25, 0.3) is 0 Å². The summed E-state index contributed by atoms with van der Waals surface area (Å²) < 4.78 is 0. The van der Waals surface area contributed by atoms with E-state index in [1.807, 2.05) is 0 Å². The lowest BCUT2D eigenvalue weighted by Crippen LogP contribution is -2.79. The van der Waals surface area contributed by atoms with Gasteiger partial charge in [0, 0.05) is 19.0 Å². The average molecular weight is 212 g/mol. The molecule has 0 saturated carbocycles. The lowest BCUT2D eigenvalue weighted by Gasteiger charge is -2.65. The lowest BCUT2D eigenvalue weighted by molar-refractivity contribution is -0.139. The van der Waals surface area contributed by atoms with Crippen molar-refractivity contribution in [2.24, 2.45) is 11.3 Å². The van der Waals surface area contributed by atoms with Crippen LogP contribution in [0, 0.1) is 11.3 Å². The molecule has 2 heterocycles. The highest BCUT2D eigenvalue weighted by atomic mass is 16.4. The van der Waals surface area contributed by atoms with Crippen molar-refractivity contribution in [2.45, 2.75) is 32.7 Å². The summed E-state index contributed by atoms with van der Waals surface area (Å²) in [5.41, 5.74) is -0.182. The van der Waals surface area contributed by atoms with Crippen molar-refractivity contribution in [3.8, 4) is 0 Å². The monoisotopic (exact) mass is 212 g/mol. The van der Waals surface area contributed by atoms with E-state index in [0.717, 1.165) is 19.5 Å². The van der Waals surface area contributed by atoms with Gasteiger partial charge < -0.3 is 15.3 Å². The number of nitrogens with zero attached hydrogens (tertiary/aromatic N) is 1. The number of likely N-dealkylation sites (tertiary alicyclic amines) is 1. The zero-order valence-electron chi connectivity index (χ0n) is 9.71. The van der Waals surface area contributed by atoms with Crippen molar-refractivity contribution in [2.75, 3.05) is 19.6 Å². The van der Waals surface area contributed by atoms with Gasteiger partial charge in [-0.05, 0) is 18.4 Å². The molecule has 86 valence electrons. The average Bonchev–Trinajstić information content (AvgIpc) is 2.03. The van der Waals surface area contributed by atoms with Crippen LogP contribution in [0.5, 0.6) is 0 Å². The highest BCUT2D eigenvalue weighted by Crippen LogP contribution is 2.51. The fraction of sp³-hybridized carbons (Fsp3) is 0.909. The van der Waals surface area contributed by atoms with Crippen LogP contribution in [0.1, 0.15) is 27.2 Å². The molecule has 0 spiro atoms. The van der Waals surface area contributed by atoms with E-state index in [1.165, 1.54) is 0 Å². The van der Waals surface area contributed by atoms with Crippen LogP contribution in [0.3, 0.4) is 0 Å². The topological polar surface area (TPSA) is 52.6 Å². The molecule has 0 aliphatic carbocycles. The van der Waals surface area contributed by atoms with E-state index in [9.17, 15) is 9.90 Å². The van der Waals surface area contributed by atoms with Gasteiger partial charge in [-0.1, -0.05) is 20.8 Å². The second kappa shape index (κ2) is 3.11. The molecule has 2 N–H and O–H groups in total. The molecule has 4 nitrogen and oxygen atoms in total. The number of rotatable bonds is 0. The number of hydrogen-bond acceptors (Lipinski definition) is 2. The number of fused-ring (bicyclic) bond motifs is 1. The number of amides is 1. The van der Waals surface area contributed by atoms with Crippen LogP contribution in [0.2, 0.25) is 0 Å². The van der Waals surface area contributed by atoms with E-state index >= 15 is 0 Å². The van der Waals surface area contributed by atoms with Crippen LogP contribution in [0.4, 0.5) is 4.79 Å². The van der Waals surface area contributed by atoms with Gasteiger partial charge in [0.15, 0.2) is 0 Å². The van der Waals surface area contributed by atoms with Crippen molar-refractivity contribution in [3.63, 3.8) is 0 Å². The van der Waals surface area contributed by atoms with Gasteiger partial charge in [-0.2, -0.15) is 0 Å². The minimum atomic E-state index is -0.773. The number of hydrogen-bond donors (Lipinski definition) is 2. The summed E-state index contributed by atoms with van der Waals surface area (Å²) in [4.78, 5) is 12.8. The zero-order valence-corrected chi connectivity index (χ0v) is 9.71. The van der Waals surface area contributed by atoms with Gasteiger partial charge in [0.2, 0.25) is 0 Å². The zero-order chi connectivity index (χ0) is 11.3. The molecule has 2 fully saturated rings. The molecule has 2 unspecified atom stereocenters. The summed E-state index contributed by atoms with van der Waals surface area (Å²) in [6.45, 7) is 8.96. The molecule has 2 atom stereocenters. The van der Waals surface area contributed by atoms with Crippen LogP contribution >= 0.6 is 0 Å². The molecule has 0 bridgehead atoms. The van der Waals surface area contributed by atoms with Gasteiger partial charge in [0.1, 0.15) is 0 Å². The largest absolute Gasteiger partial charge is 0.465 e. The minimum Gasteiger partial charge on any atom is -0.465 e. The predicted octanol–water partition coefficient (Wildman–Crippen LogP) is 1.37. The van der Waals surface area contributed by atoms with Gasteiger partial charge in [0.05, 0.1) is 5.54 Å². The Morgan fingerprint density at radius 2 is 2.20 bits per heavy atom. The number of nitrogens with one attached hydrogen (secondary N) is 1. The normalized spacial score (nSPS) is 35.7. The Hall–Kier alpha value is -0.770. The second-order valence-electron chi connectivity index (χ2n) is 5.73. The van der Waals surface area contributed by atoms with Gasteiger partial charge in [-0.25, -0.2) is 4.79 Å². The van der Waals surface area contributed by atoms with Gasteiger partial charge in [-0.3, -0.25) is 0 Å². The molecule has 2 rings (SSSR count). The second-order valence-corrected chi connectivity index (χ2v) is 5.73. The Kier molecular flexibility index (Phi) is 2.23. The van der Waals surface area contributed by atoms with Crippen molar-refractivity contribution in [1.82, 2.24) is 10.2 Å². The van der Waals surface area contributed by atoms with E-state index in [0.29, 0.717) is 12.5 Å². The first-order valence-corrected chi connectivity index (χ1v) is 5.61. The first-order valence-electron chi connectivity index (χ1n) is 5.61. The molecule has 0 aromatic carbocycles. The fourth-order valence-electron chi connectivity index (χ4n) is 3.30. The maximum absolute atomic E-state index is 11.2. The van der Waals surface area contributed by atoms with Crippen molar-refractivity contribution < 1.29 is 9.90 Å². The highest BCUT2D eigenvalue weighted by molar-refractivity contribution is 5.68. The maximum atomic E-state index is 11.2. The summed E-state index contributed by atoms with van der Waals surface area (Å²) in [6.07, 6.45) is 0.325. The first kappa shape index (κ1) is 10.7. The Labute approximate surface area is 90.6 Å². The maximum Gasteiger partial charge on any atom is 0.407 e. The summed E-state index contributed by atoms with van der Waals surface area (Å²) in [5.74, 6) is 0.537. The Morgan fingerprint density at radius 3 is 2.67 bits per heavy atom. The third-order valence-corrected chi connectivity index (χ3v) is 4.15. The summed E-state index contributed by atoms with van der Waals surface area (Å²) in [5, 5.41) is 12.5. The molecule has 1 amide bonds. The molecular formula is C11H20N2O2. The molecule has 2 aliphatic heterocycles. The molecule has 0 aromatic heterocycles. The van der Waals surface area contributed by atoms with E-state index in [4.69, 9.17) is 0 Å². The van der Waals surface area contributed by atoms with E-state index in [2.05, 4.69) is 26.1 Å². The molecule has 0 aromatic rings. The summed E-state index contributed by atoms with van der Waals surface area (Å²) >= 11 is 0. The van der Waals surface area contributed by atoms with Gasteiger partial charge >= 0.3 is 6.09 Å². The molecule has 15 heavy (non-hydrogen) atoms. The van der Waals surface area contributed by atoms with Crippen LogP contribution in [-0.2, 0) is 0 Å². The van der Waals surface area contributed by atoms with Crippen LogP contribution in [-0.4, -0.2) is 41.3 Å². The Morgan fingerprint density at radius 1 is 1.53 bits per heavy atom. The van der Waals surface area contributed by atoms with Crippen molar-refractivity contribution in [3.05, 3.63) is 0 Å². The van der Waals surface area contributed by atoms with E-state index in [1.54, 1.807) is 4.90 Å². The summed E-state index contributed by atoms with van der Waals surface area (Å²) in [7, 11) is 0. The fourth-order valence-corrected chi connectivity index (χ4v) is 3.30. The van der Waals surface area contributed by atoms with E-state index in [-0.39, 0.29) is 11.0 Å². The van der Waals surface area contributed by atoms with Crippen LogP contribution < -0.4 is 5.32 Å². The highest BCUT2D eigenvalue weighted by Gasteiger charge is 2.62. The van der Waals surface area contributed by atoms with Gasteiger partial charge in [-0.15, -0.1) is 0 Å². The Balaban J connectivity index is 2.31.